The summed E-state index contributed by atoms with van der Waals surface area (Å²) in [5.41, 5.74) is 0. The number of carbonyl (C=O) groups is 1. The number of carbonyl (C=O) groups excluding carboxylic acids is 1. The molecule has 0 aromatic rings. The van der Waals surface area contributed by atoms with E-state index < -0.39 is 24.4 Å². The highest BCUT2D eigenvalue weighted by Crippen LogP contribution is 2.09. The second-order valence-electron chi connectivity index (χ2n) is 2.77. The summed E-state index contributed by atoms with van der Waals surface area (Å²) in [4.78, 5) is 10.5. The molecule has 5 heteroatoms. The molecule has 0 aromatic heterocycles. The molecule has 0 spiro atoms. The van der Waals surface area contributed by atoms with Crippen LogP contribution in [0.25, 0.3) is 0 Å². The van der Waals surface area contributed by atoms with Gasteiger partial charge in [0.25, 0.3) is 0 Å². The lowest BCUT2D eigenvalue weighted by atomic mass is 10.0. The lowest BCUT2D eigenvalue weighted by Gasteiger charge is -2.26. The van der Waals surface area contributed by atoms with Crippen molar-refractivity contribution in [1.29, 1.82) is 0 Å². The summed E-state index contributed by atoms with van der Waals surface area (Å²) < 4.78 is 9.61. The van der Waals surface area contributed by atoms with E-state index in [0.717, 1.165) is 0 Å². The molecule has 0 unspecified atom stereocenters. The largest absolute Gasteiger partial charge is 0.391 e. The summed E-state index contributed by atoms with van der Waals surface area (Å²) in [5, 5.41) is 18.5. The smallest absolute Gasteiger partial charge is 0.151 e. The first-order valence-electron chi connectivity index (χ1n) is 3.95. The predicted molar refractivity (Wildman–Crippen MR) is 45.3 cm³/mol. The Morgan fingerprint density at radius 1 is 1.23 bits per heavy atom. The van der Waals surface area contributed by atoms with Crippen molar-refractivity contribution in [3.8, 4) is 0 Å². The summed E-state index contributed by atoms with van der Waals surface area (Å²) in [6, 6.07) is 0. The van der Waals surface area contributed by atoms with Gasteiger partial charge in [0.15, 0.2) is 6.29 Å². The van der Waals surface area contributed by atoms with Crippen molar-refractivity contribution in [2.24, 2.45) is 0 Å². The lowest BCUT2D eigenvalue weighted by molar-refractivity contribution is -0.143. The van der Waals surface area contributed by atoms with E-state index in [9.17, 15) is 9.90 Å². The van der Waals surface area contributed by atoms with E-state index >= 15 is 0 Å². The number of ether oxygens (including phenoxy) is 2. The van der Waals surface area contributed by atoms with E-state index in [4.69, 9.17) is 14.6 Å². The molecule has 0 rings (SSSR count). The number of hydrogen-bond acceptors (Lipinski definition) is 5. The summed E-state index contributed by atoms with van der Waals surface area (Å²) >= 11 is 0. The number of rotatable bonds is 6. The predicted octanol–water partition coefficient (Wildman–Crippen LogP) is -1.04. The zero-order chi connectivity index (χ0) is 10.4. The molecule has 5 nitrogen and oxygen atoms in total. The Kier molecular flexibility index (Phi) is 5.81. The molecule has 0 saturated heterocycles. The Labute approximate surface area is 77.3 Å². The van der Waals surface area contributed by atoms with Crippen LogP contribution < -0.4 is 0 Å². The monoisotopic (exact) mass is 192 g/mol. The molecule has 13 heavy (non-hydrogen) atoms. The summed E-state index contributed by atoms with van der Waals surface area (Å²) in [6.45, 7) is 1.41. The Bertz CT molecular complexity index is 147. The molecule has 0 heterocycles. The van der Waals surface area contributed by atoms with Crippen LogP contribution in [-0.4, -0.2) is 55.1 Å². The summed E-state index contributed by atoms with van der Waals surface area (Å²) in [7, 11) is 2.67. The maximum atomic E-state index is 10.5. The van der Waals surface area contributed by atoms with Gasteiger partial charge in [-0.2, -0.15) is 0 Å². The number of methoxy groups -OCH3 is 2. The first-order chi connectivity index (χ1) is 6.08. The topological polar surface area (TPSA) is 76.0 Å². The molecular formula is C8H16O5. The second kappa shape index (κ2) is 6.04. The van der Waals surface area contributed by atoms with E-state index in [1.54, 1.807) is 0 Å². The normalized spacial score (nSPS) is 20.4. The van der Waals surface area contributed by atoms with Crippen molar-refractivity contribution in [1.82, 2.24) is 0 Å². The number of aldehydes is 1. The summed E-state index contributed by atoms with van der Waals surface area (Å²) in [5.74, 6) is 0. The fourth-order valence-electron chi connectivity index (χ4n) is 1.01. The standard InChI is InChI=1S/C8H16O5/c1-5(10)7(11)8(13-3)6(4-9)12-2/h4-8,10-11H,1-3H3/t5-,6+,7-,8+/m1/s1. The molecule has 0 aromatic carbocycles. The van der Waals surface area contributed by atoms with Gasteiger partial charge in [0.05, 0.1) is 6.10 Å². The minimum absolute atomic E-state index is 0.528. The first kappa shape index (κ1) is 12.5. The van der Waals surface area contributed by atoms with Gasteiger partial charge in [0.1, 0.15) is 18.3 Å². The minimum atomic E-state index is -1.14. The molecule has 0 aliphatic carbocycles. The SMILES string of the molecule is CO[C@H]([C@H](O)[C@@H](C)O)[C@H](C=O)OC. The van der Waals surface area contributed by atoms with Crippen molar-refractivity contribution in [2.45, 2.75) is 31.3 Å². The maximum Gasteiger partial charge on any atom is 0.151 e. The summed E-state index contributed by atoms with van der Waals surface area (Å²) in [6.07, 6.45) is -3.29. The van der Waals surface area contributed by atoms with Crippen LogP contribution in [-0.2, 0) is 14.3 Å². The van der Waals surface area contributed by atoms with Crippen LogP contribution in [0.5, 0.6) is 0 Å². The van der Waals surface area contributed by atoms with Crippen LogP contribution in [0, 0.1) is 0 Å². The highest BCUT2D eigenvalue weighted by molar-refractivity contribution is 5.57. The van der Waals surface area contributed by atoms with Gasteiger partial charge in [-0.1, -0.05) is 0 Å². The van der Waals surface area contributed by atoms with E-state index in [2.05, 4.69) is 0 Å². The zero-order valence-corrected chi connectivity index (χ0v) is 8.01. The average Bonchev–Trinajstić information content (AvgIpc) is 2.12. The van der Waals surface area contributed by atoms with Gasteiger partial charge in [-0.05, 0) is 6.92 Å². The molecule has 78 valence electrons. The van der Waals surface area contributed by atoms with E-state index in [0.29, 0.717) is 6.29 Å². The third-order valence-corrected chi connectivity index (χ3v) is 1.83. The van der Waals surface area contributed by atoms with Crippen molar-refractivity contribution in [2.75, 3.05) is 14.2 Å². The number of hydrogen-bond donors (Lipinski definition) is 2. The quantitative estimate of drug-likeness (QED) is 0.525. The highest BCUT2D eigenvalue weighted by Gasteiger charge is 2.31. The van der Waals surface area contributed by atoms with Crippen LogP contribution in [0.3, 0.4) is 0 Å². The molecule has 0 radical (unpaired) electrons. The highest BCUT2D eigenvalue weighted by atomic mass is 16.5. The molecule has 0 amide bonds. The molecule has 0 aliphatic heterocycles. The molecular weight excluding hydrogens is 176 g/mol. The third kappa shape index (κ3) is 3.40. The molecule has 2 N–H and O–H groups in total. The van der Waals surface area contributed by atoms with Crippen LogP contribution in [0.2, 0.25) is 0 Å². The van der Waals surface area contributed by atoms with Crippen LogP contribution >= 0.6 is 0 Å². The molecule has 0 saturated carbocycles. The Hall–Kier alpha value is -0.490. The zero-order valence-electron chi connectivity index (χ0n) is 8.01. The molecule has 4 atom stereocenters. The third-order valence-electron chi connectivity index (χ3n) is 1.83. The Morgan fingerprint density at radius 3 is 2.00 bits per heavy atom. The van der Waals surface area contributed by atoms with Gasteiger partial charge >= 0.3 is 0 Å². The van der Waals surface area contributed by atoms with Crippen molar-refractivity contribution < 1.29 is 24.5 Å². The average molecular weight is 192 g/mol. The van der Waals surface area contributed by atoms with Gasteiger partial charge in [0.2, 0.25) is 0 Å². The van der Waals surface area contributed by atoms with Gasteiger partial charge in [-0.3, -0.25) is 0 Å². The Balaban J connectivity index is 4.37. The minimum Gasteiger partial charge on any atom is -0.391 e. The maximum absolute atomic E-state index is 10.5. The van der Waals surface area contributed by atoms with Crippen molar-refractivity contribution >= 4 is 6.29 Å². The van der Waals surface area contributed by atoms with Gasteiger partial charge in [-0.25, -0.2) is 0 Å². The lowest BCUT2D eigenvalue weighted by Crippen LogP contribution is -2.46. The number of aliphatic hydroxyl groups is 2. The van der Waals surface area contributed by atoms with Crippen LogP contribution in [0.15, 0.2) is 0 Å². The van der Waals surface area contributed by atoms with E-state index in [1.165, 1.54) is 21.1 Å². The van der Waals surface area contributed by atoms with Gasteiger partial charge < -0.3 is 24.5 Å². The fourth-order valence-corrected chi connectivity index (χ4v) is 1.01. The van der Waals surface area contributed by atoms with Crippen LogP contribution in [0.1, 0.15) is 6.92 Å². The van der Waals surface area contributed by atoms with Crippen molar-refractivity contribution in [3.05, 3.63) is 0 Å². The van der Waals surface area contributed by atoms with Gasteiger partial charge in [-0.15, -0.1) is 0 Å². The van der Waals surface area contributed by atoms with E-state index in [-0.39, 0.29) is 0 Å². The molecule has 0 aliphatic rings. The first-order valence-corrected chi connectivity index (χ1v) is 3.95. The number of aliphatic hydroxyl groups excluding tert-OH is 2. The molecule has 0 bridgehead atoms. The van der Waals surface area contributed by atoms with Gasteiger partial charge in [0, 0.05) is 14.2 Å². The Morgan fingerprint density at radius 2 is 1.77 bits per heavy atom. The van der Waals surface area contributed by atoms with Crippen LogP contribution in [0.4, 0.5) is 0 Å². The van der Waals surface area contributed by atoms with E-state index in [1.807, 2.05) is 0 Å². The molecule has 0 fully saturated rings. The fraction of sp³-hybridized carbons (Fsp3) is 0.875. The van der Waals surface area contributed by atoms with Crippen molar-refractivity contribution in [3.63, 3.8) is 0 Å². The second-order valence-corrected chi connectivity index (χ2v) is 2.77.